The Balaban J connectivity index is 1.95. The summed E-state index contributed by atoms with van der Waals surface area (Å²) >= 11 is 0. The molecule has 0 saturated heterocycles. The van der Waals surface area contributed by atoms with Crippen LogP contribution in [-0.4, -0.2) is 26.0 Å². The third-order valence-electron chi connectivity index (χ3n) is 4.60. The number of hydrogen-bond acceptors (Lipinski definition) is 4. The maximum absolute atomic E-state index is 13.1. The maximum Gasteiger partial charge on any atom is 0.272 e. The van der Waals surface area contributed by atoms with Crippen molar-refractivity contribution < 1.29 is 19.1 Å². The Labute approximate surface area is 181 Å². The molecule has 3 rings (SSSR count). The molecule has 0 heterocycles. The number of methoxy groups -OCH3 is 2. The van der Waals surface area contributed by atoms with E-state index < -0.39 is 11.8 Å². The van der Waals surface area contributed by atoms with Gasteiger partial charge in [0, 0.05) is 11.1 Å². The van der Waals surface area contributed by atoms with E-state index in [4.69, 9.17) is 9.47 Å². The van der Waals surface area contributed by atoms with Gasteiger partial charge in [0.05, 0.1) is 19.9 Å². The lowest BCUT2D eigenvalue weighted by atomic mass is 10.1. The zero-order valence-electron chi connectivity index (χ0n) is 17.6. The van der Waals surface area contributed by atoms with Gasteiger partial charge in [-0.25, -0.2) is 0 Å². The average Bonchev–Trinajstić information content (AvgIpc) is 2.79. The van der Waals surface area contributed by atoms with Crippen molar-refractivity contribution >= 4 is 23.6 Å². The van der Waals surface area contributed by atoms with Crippen LogP contribution in [0.3, 0.4) is 0 Å². The van der Waals surface area contributed by atoms with E-state index in [9.17, 15) is 9.59 Å². The van der Waals surface area contributed by atoms with E-state index in [1.54, 1.807) is 61.7 Å². The Morgan fingerprint density at radius 1 is 0.806 bits per heavy atom. The topological polar surface area (TPSA) is 76.7 Å². The summed E-state index contributed by atoms with van der Waals surface area (Å²) in [5.74, 6) is 0.208. The van der Waals surface area contributed by atoms with Crippen molar-refractivity contribution in [1.82, 2.24) is 5.32 Å². The van der Waals surface area contributed by atoms with Gasteiger partial charge in [-0.05, 0) is 43.3 Å². The van der Waals surface area contributed by atoms with Crippen LogP contribution in [0.5, 0.6) is 11.5 Å². The van der Waals surface area contributed by atoms with Crippen LogP contribution >= 0.6 is 0 Å². The molecule has 2 amide bonds. The third-order valence-corrected chi connectivity index (χ3v) is 4.60. The van der Waals surface area contributed by atoms with Gasteiger partial charge in [-0.3, -0.25) is 9.59 Å². The molecule has 0 unspecified atom stereocenters. The molecule has 6 heteroatoms. The first-order valence-corrected chi connectivity index (χ1v) is 9.69. The van der Waals surface area contributed by atoms with E-state index >= 15 is 0 Å². The van der Waals surface area contributed by atoms with Gasteiger partial charge in [-0.15, -0.1) is 0 Å². The number of amides is 2. The minimum Gasteiger partial charge on any atom is -0.496 e. The van der Waals surface area contributed by atoms with Crippen molar-refractivity contribution in [2.24, 2.45) is 0 Å². The fraction of sp³-hybridized carbons (Fsp3) is 0.120. The van der Waals surface area contributed by atoms with Gasteiger partial charge in [-0.1, -0.05) is 48.0 Å². The molecule has 3 aromatic rings. The normalized spacial score (nSPS) is 10.9. The lowest BCUT2D eigenvalue weighted by Crippen LogP contribution is -2.30. The number of para-hydroxylation sites is 3. The Morgan fingerprint density at radius 3 is 2.10 bits per heavy atom. The maximum atomic E-state index is 13.1. The smallest absolute Gasteiger partial charge is 0.272 e. The van der Waals surface area contributed by atoms with Crippen LogP contribution in [0.25, 0.3) is 6.08 Å². The van der Waals surface area contributed by atoms with Crippen LogP contribution in [0.2, 0.25) is 0 Å². The molecular formula is C25H24N2O4. The summed E-state index contributed by atoms with van der Waals surface area (Å²) in [5.41, 5.74) is 2.70. The van der Waals surface area contributed by atoms with Crippen LogP contribution in [0.1, 0.15) is 21.5 Å². The van der Waals surface area contributed by atoms with Gasteiger partial charge in [0.1, 0.15) is 17.2 Å². The summed E-state index contributed by atoms with van der Waals surface area (Å²) in [7, 11) is 3.07. The van der Waals surface area contributed by atoms with Gasteiger partial charge in [0.2, 0.25) is 0 Å². The summed E-state index contributed by atoms with van der Waals surface area (Å²) in [6, 6.07) is 21.4. The van der Waals surface area contributed by atoms with E-state index in [-0.39, 0.29) is 5.70 Å². The number of carbonyl (C=O) groups excluding carboxylic acids is 2. The minimum absolute atomic E-state index is 0.0704. The monoisotopic (exact) mass is 416 g/mol. The van der Waals surface area contributed by atoms with Crippen molar-refractivity contribution in [1.29, 1.82) is 0 Å². The summed E-state index contributed by atoms with van der Waals surface area (Å²) in [6.07, 6.45) is 1.58. The summed E-state index contributed by atoms with van der Waals surface area (Å²) < 4.78 is 10.7. The number of aryl methyl sites for hydroxylation is 1. The Morgan fingerprint density at radius 2 is 1.42 bits per heavy atom. The number of carbonyl (C=O) groups is 2. The molecule has 0 spiro atoms. The summed E-state index contributed by atoms with van der Waals surface area (Å²) in [4.78, 5) is 25.9. The largest absolute Gasteiger partial charge is 0.496 e. The molecule has 0 saturated carbocycles. The number of nitrogens with one attached hydrogen (secondary N) is 2. The highest BCUT2D eigenvalue weighted by molar-refractivity contribution is 6.11. The van der Waals surface area contributed by atoms with Crippen molar-refractivity contribution in [3.8, 4) is 11.5 Å². The SMILES string of the molecule is COc1ccccc1/C=C(\NC(=O)c1ccc(C)cc1)C(=O)Nc1ccccc1OC. The molecule has 31 heavy (non-hydrogen) atoms. The molecule has 158 valence electrons. The number of anilines is 1. The van der Waals surface area contributed by atoms with Crippen LogP contribution < -0.4 is 20.1 Å². The third kappa shape index (κ3) is 5.51. The van der Waals surface area contributed by atoms with Gasteiger partial charge in [-0.2, -0.15) is 0 Å². The summed E-state index contributed by atoms with van der Waals surface area (Å²) in [6.45, 7) is 1.94. The van der Waals surface area contributed by atoms with Gasteiger partial charge in [0.25, 0.3) is 11.8 Å². The predicted molar refractivity (Wildman–Crippen MR) is 121 cm³/mol. The first kappa shape index (κ1) is 21.6. The van der Waals surface area contributed by atoms with E-state index in [1.807, 2.05) is 31.2 Å². The molecule has 0 fully saturated rings. The first-order chi connectivity index (χ1) is 15.0. The lowest BCUT2D eigenvalue weighted by Gasteiger charge is -2.14. The van der Waals surface area contributed by atoms with Crippen LogP contribution in [0.15, 0.2) is 78.5 Å². The molecular weight excluding hydrogens is 392 g/mol. The van der Waals surface area contributed by atoms with Gasteiger partial charge < -0.3 is 20.1 Å². The molecule has 0 atom stereocenters. The second kappa shape index (κ2) is 10.1. The Kier molecular flexibility index (Phi) is 7.06. The van der Waals surface area contributed by atoms with Crippen LogP contribution in [0.4, 0.5) is 5.69 Å². The highest BCUT2D eigenvalue weighted by Gasteiger charge is 2.17. The number of benzene rings is 3. The molecule has 3 aromatic carbocycles. The zero-order valence-corrected chi connectivity index (χ0v) is 17.6. The highest BCUT2D eigenvalue weighted by Crippen LogP contribution is 2.25. The van der Waals surface area contributed by atoms with E-state index in [0.717, 1.165) is 5.56 Å². The number of rotatable bonds is 7. The average molecular weight is 416 g/mol. The Hall–Kier alpha value is -4.06. The molecule has 0 bridgehead atoms. The fourth-order valence-corrected chi connectivity index (χ4v) is 2.94. The molecule has 0 aromatic heterocycles. The zero-order chi connectivity index (χ0) is 22.2. The second-order valence-electron chi connectivity index (χ2n) is 6.77. The van der Waals surface area contributed by atoms with Gasteiger partial charge >= 0.3 is 0 Å². The molecule has 0 aliphatic heterocycles. The van der Waals surface area contributed by atoms with Crippen LogP contribution in [0, 0.1) is 6.92 Å². The van der Waals surface area contributed by atoms with Crippen molar-refractivity contribution in [3.05, 3.63) is 95.2 Å². The fourth-order valence-electron chi connectivity index (χ4n) is 2.94. The Bertz CT molecular complexity index is 1100. The standard InChI is InChI=1S/C25H24N2O4/c1-17-12-14-18(15-13-17)24(28)27-21(16-19-8-4-6-10-22(19)30-2)25(29)26-20-9-5-7-11-23(20)31-3/h4-16H,1-3H3,(H,26,29)(H,27,28)/b21-16-. The van der Waals surface area contributed by atoms with Crippen molar-refractivity contribution in [3.63, 3.8) is 0 Å². The molecule has 2 N–H and O–H groups in total. The first-order valence-electron chi connectivity index (χ1n) is 9.69. The molecule has 0 radical (unpaired) electrons. The predicted octanol–water partition coefficient (Wildman–Crippen LogP) is 4.42. The van der Waals surface area contributed by atoms with Crippen molar-refractivity contribution in [2.45, 2.75) is 6.92 Å². The van der Waals surface area contributed by atoms with Gasteiger partial charge in [0.15, 0.2) is 0 Å². The summed E-state index contributed by atoms with van der Waals surface area (Å²) in [5, 5.41) is 5.52. The number of hydrogen-bond donors (Lipinski definition) is 2. The van der Waals surface area contributed by atoms with Crippen LogP contribution in [-0.2, 0) is 4.79 Å². The molecule has 0 aliphatic carbocycles. The quantitative estimate of drug-likeness (QED) is 0.559. The van der Waals surface area contributed by atoms with E-state index in [0.29, 0.717) is 28.3 Å². The molecule has 6 nitrogen and oxygen atoms in total. The highest BCUT2D eigenvalue weighted by atomic mass is 16.5. The van der Waals surface area contributed by atoms with E-state index in [2.05, 4.69) is 10.6 Å². The second-order valence-corrected chi connectivity index (χ2v) is 6.77. The number of ether oxygens (including phenoxy) is 2. The van der Waals surface area contributed by atoms with Crippen molar-refractivity contribution in [2.75, 3.05) is 19.5 Å². The van der Waals surface area contributed by atoms with E-state index in [1.165, 1.54) is 7.11 Å². The lowest BCUT2D eigenvalue weighted by molar-refractivity contribution is -0.113. The minimum atomic E-state index is -0.490. The molecule has 0 aliphatic rings.